The molecule has 0 N–H and O–H groups in total. The zero-order valence-electron chi connectivity index (χ0n) is 9.67. The molecule has 2 bridgehead atoms. The maximum Gasteiger partial charge on any atom is 0.233 e. The molecule has 5 heteroatoms. The predicted octanol–water partition coefficient (Wildman–Crippen LogP) is 2.54. The molecule has 3 aliphatic carbocycles. The first-order chi connectivity index (χ1) is 7.39. The zero-order valence-corrected chi connectivity index (χ0v) is 11.2. The fourth-order valence-corrected chi connectivity index (χ4v) is 5.49. The highest BCUT2D eigenvalue weighted by molar-refractivity contribution is 8.13. The van der Waals surface area contributed by atoms with Gasteiger partial charge in [0.1, 0.15) is 0 Å². The summed E-state index contributed by atoms with van der Waals surface area (Å²) in [6, 6.07) is 0. The van der Waals surface area contributed by atoms with Crippen molar-refractivity contribution in [2.75, 3.05) is 19.5 Å². The molecule has 0 aromatic rings. The summed E-state index contributed by atoms with van der Waals surface area (Å²) in [5.74, 6) is 0.182. The van der Waals surface area contributed by atoms with Crippen LogP contribution in [0.5, 0.6) is 0 Å². The molecule has 3 nitrogen and oxygen atoms in total. The standard InChI is InChI=1S/C11H19ClO3S/c1-15-5-3-2-4-10-6-11(7-10,8-10)9-16(12,13)14/h2-9H2,1H3. The van der Waals surface area contributed by atoms with Crippen LogP contribution in [0.1, 0.15) is 38.5 Å². The second-order valence-electron chi connectivity index (χ2n) is 5.66. The van der Waals surface area contributed by atoms with Gasteiger partial charge in [0.05, 0.1) is 5.75 Å². The van der Waals surface area contributed by atoms with E-state index in [2.05, 4.69) is 0 Å². The summed E-state index contributed by atoms with van der Waals surface area (Å²) < 4.78 is 27.0. The summed E-state index contributed by atoms with van der Waals surface area (Å²) in [5, 5.41) is 0. The van der Waals surface area contributed by atoms with E-state index in [1.165, 1.54) is 12.8 Å². The van der Waals surface area contributed by atoms with Crippen LogP contribution >= 0.6 is 10.7 Å². The van der Waals surface area contributed by atoms with Gasteiger partial charge in [0, 0.05) is 24.4 Å². The minimum absolute atomic E-state index is 0.0574. The zero-order chi connectivity index (χ0) is 11.9. The molecule has 0 atom stereocenters. The topological polar surface area (TPSA) is 43.4 Å². The SMILES string of the molecule is COCCCCC12CC(CS(=O)(=O)Cl)(C1)C2. The third-order valence-electron chi connectivity index (χ3n) is 4.03. The maximum absolute atomic E-state index is 11.0. The van der Waals surface area contributed by atoms with Gasteiger partial charge in [0.15, 0.2) is 0 Å². The van der Waals surface area contributed by atoms with Gasteiger partial charge < -0.3 is 4.74 Å². The highest BCUT2D eigenvalue weighted by atomic mass is 35.7. The van der Waals surface area contributed by atoms with E-state index >= 15 is 0 Å². The normalized spacial score (nSPS) is 36.6. The van der Waals surface area contributed by atoms with Crippen LogP contribution in [-0.2, 0) is 13.8 Å². The van der Waals surface area contributed by atoms with E-state index in [4.69, 9.17) is 15.4 Å². The first-order valence-electron chi connectivity index (χ1n) is 5.80. The molecule has 3 saturated carbocycles. The molecule has 0 aromatic heterocycles. The number of hydrogen-bond donors (Lipinski definition) is 0. The number of halogens is 1. The summed E-state index contributed by atoms with van der Waals surface area (Å²) in [6.45, 7) is 0.831. The summed E-state index contributed by atoms with van der Waals surface area (Å²) in [7, 11) is 3.72. The Kier molecular flexibility index (Phi) is 3.28. The summed E-state index contributed by atoms with van der Waals surface area (Å²) in [6.07, 6.45) is 6.73. The Hall–Kier alpha value is 0.200. The third kappa shape index (κ3) is 2.54. The molecule has 16 heavy (non-hydrogen) atoms. The Bertz CT molecular complexity index is 344. The van der Waals surface area contributed by atoms with E-state index < -0.39 is 9.05 Å². The average molecular weight is 267 g/mol. The molecule has 0 unspecified atom stereocenters. The van der Waals surface area contributed by atoms with Crippen LogP contribution in [0.4, 0.5) is 0 Å². The quantitative estimate of drug-likeness (QED) is 0.525. The Balaban J connectivity index is 1.68. The van der Waals surface area contributed by atoms with Crippen molar-refractivity contribution in [2.45, 2.75) is 38.5 Å². The van der Waals surface area contributed by atoms with Gasteiger partial charge in [-0.25, -0.2) is 8.42 Å². The van der Waals surface area contributed by atoms with Crippen LogP contribution in [0.25, 0.3) is 0 Å². The molecule has 0 heterocycles. The number of hydrogen-bond acceptors (Lipinski definition) is 3. The minimum Gasteiger partial charge on any atom is -0.385 e. The molecule has 0 radical (unpaired) electrons. The highest BCUT2D eigenvalue weighted by Gasteiger charge is 2.67. The Morgan fingerprint density at radius 1 is 1.19 bits per heavy atom. The van der Waals surface area contributed by atoms with Crippen LogP contribution in [0.2, 0.25) is 0 Å². The van der Waals surface area contributed by atoms with E-state index in [0.29, 0.717) is 5.41 Å². The van der Waals surface area contributed by atoms with Crippen molar-refractivity contribution >= 4 is 19.7 Å². The Morgan fingerprint density at radius 2 is 1.81 bits per heavy atom. The average Bonchev–Trinajstić information content (AvgIpc) is 2.03. The van der Waals surface area contributed by atoms with Gasteiger partial charge in [0.25, 0.3) is 0 Å². The monoisotopic (exact) mass is 266 g/mol. The minimum atomic E-state index is -3.31. The van der Waals surface area contributed by atoms with E-state index in [1.54, 1.807) is 7.11 Å². The molecule has 94 valence electrons. The van der Waals surface area contributed by atoms with Crippen molar-refractivity contribution in [1.29, 1.82) is 0 Å². The van der Waals surface area contributed by atoms with Crippen LogP contribution in [-0.4, -0.2) is 27.9 Å². The molecule has 0 aromatic carbocycles. The van der Waals surface area contributed by atoms with Crippen LogP contribution < -0.4 is 0 Å². The molecular formula is C11H19ClO3S. The van der Waals surface area contributed by atoms with Crippen molar-refractivity contribution in [3.05, 3.63) is 0 Å². The second-order valence-corrected chi connectivity index (χ2v) is 8.44. The largest absolute Gasteiger partial charge is 0.385 e. The molecule has 0 saturated heterocycles. The van der Waals surface area contributed by atoms with Crippen molar-refractivity contribution in [3.63, 3.8) is 0 Å². The third-order valence-corrected chi connectivity index (χ3v) is 5.32. The maximum atomic E-state index is 11.0. The van der Waals surface area contributed by atoms with E-state index in [0.717, 1.165) is 32.3 Å². The first-order valence-corrected chi connectivity index (χ1v) is 8.28. The van der Waals surface area contributed by atoms with E-state index in [9.17, 15) is 8.42 Å². The predicted molar refractivity (Wildman–Crippen MR) is 64.1 cm³/mol. The first kappa shape index (κ1) is 12.7. The summed E-state index contributed by atoms with van der Waals surface area (Å²) >= 11 is 0. The number of ether oxygens (including phenoxy) is 1. The van der Waals surface area contributed by atoms with Gasteiger partial charge in [-0.3, -0.25) is 0 Å². The Morgan fingerprint density at radius 3 is 2.31 bits per heavy atom. The van der Waals surface area contributed by atoms with Gasteiger partial charge in [0.2, 0.25) is 9.05 Å². The van der Waals surface area contributed by atoms with Gasteiger partial charge in [-0.2, -0.15) is 0 Å². The highest BCUT2D eigenvalue weighted by Crippen LogP contribution is 2.75. The molecule has 0 aliphatic heterocycles. The van der Waals surface area contributed by atoms with Gasteiger partial charge in [-0.1, -0.05) is 6.42 Å². The van der Waals surface area contributed by atoms with Crippen molar-refractivity contribution in [1.82, 2.24) is 0 Å². The van der Waals surface area contributed by atoms with Crippen molar-refractivity contribution < 1.29 is 13.2 Å². The summed E-state index contributed by atoms with van der Waals surface area (Å²) in [4.78, 5) is 0. The number of methoxy groups -OCH3 is 1. The second kappa shape index (κ2) is 4.14. The molecule has 3 fully saturated rings. The summed E-state index contributed by atoms with van der Waals surface area (Å²) in [5.41, 5.74) is 0.525. The molecule has 3 aliphatic rings. The van der Waals surface area contributed by atoms with Crippen LogP contribution in [0.15, 0.2) is 0 Å². The van der Waals surface area contributed by atoms with Gasteiger partial charge in [-0.05, 0) is 42.9 Å². The number of unbranched alkanes of at least 4 members (excludes halogenated alkanes) is 1. The smallest absolute Gasteiger partial charge is 0.233 e. The fourth-order valence-electron chi connectivity index (χ4n) is 3.76. The lowest BCUT2D eigenvalue weighted by molar-refractivity contribution is -0.192. The molecular weight excluding hydrogens is 248 g/mol. The van der Waals surface area contributed by atoms with Gasteiger partial charge in [-0.15, -0.1) is 0 Å². The lowest BCUT2D eigenvalue weighted by atomic mass is 9.35. The molecule has 0 amide bonds. The number of rotatable bonds is 7. The van der Waals surface area contributed by atoms with Crippen LogP contribution in [0.3, 0.4) is 0 Å². The lowest BCUT2D eigenvalue weighted by Gasteiger charge is -2.71. The Labute approximate surface area is 102 Å². The lowest BCUT2D eigenvalue weighted by Crippen LogP contribution is -2.63. The van der Waals surface area contributed by atoms with Crippen molar-refractivity contribution in [3.8, 4) is 0 Å². The molecule has 3 rings (SSSR count). The fraction of sp³-hybridized carbons (Fsp3) is 1.00. The van der Waals surface area contributed by atoms with E-state index in [1.807, 2.05) is 0 Å². The van der Waals surface area contributed by atoms with Crippen molar-refractivity contribution in [2.24, 2.45) is 10.8 Å². The molecule has 0 spiro atoms. The van der Waals surface area contributed by atoms with E-state index in [-0.39, 0.29) is 11.2 Å². The van der Waals surface area contributed by atoms with Crippen LogP contribution in [0, 0.1) is 10.8 Å². The van der Waals surface area contributed by atoms with Gasteiger partial charge >= 0.3 is 0 Å².